The van der Waals surface area contributed by atoms with E-state index in [-0.39, 0.29) is 0 Å². The molecule has 2 atom stereocenters. The van der Waals surface area contributed by atoms with Crippen molar-refractivity contribution in [3.8, 4) is 0 Å². The van der Waals surface area contributed by atoms with Crippen LogP contribution in [0.25, 0.3) is 0 Å². The van der Waals surface area contributed by atoms with Crippen molar-refractivity contribution in [1.82, 2.24) is 0 Å². The van der Waals surface area contributed by atoms with Gasteiger partial charge in [0.05, 0.1) is 0 Å². The van der Waals surface area contributed by atoms with Crippen molar-refractivity contribution < 1.29 is 0 Å². The Hall–Kier alpha value is -0.980. The SMILES string of the molecule is CC(C)C1c2cc(N)c3c(c21)C3C(C)C. The van der Waals surface area contributed by atoms with Crippen molar-refractivity contribution in [2.75, 3.05) is 5.73 Å². The van der Waals surface area contributed by atoms with Gasteiger partial charge in [0.1, 0.15) is 0 Å². The summed E-state index contributed by atoms with van der Waals surface area (Å²) in [5.74, 6) is 2.85. The number of fused-ring (bicyclic) bond motifs is 3. The van der Waals surface area contributed by atoms with Crippen molar-refractivity contribution in [3.63, 3.8) is 0 Å². The van der Waals surface area contributed by atoms with E-state index in [1.165, 1.54) is 11.1 Å². The van der Waals surface area contributed by atoms with E-state index >= 15 is 0 Å². The van der Waals surface area contributed by atoms with Crippen molar-refractivity contribution >= 4 is 5.69 Å². The monoisotopic (exact) mass is 201 g/mol. The van der Waals surface area contributed by atoms with Crippen LogP contribution in [0.3, 0.4) is 0 Å². The Morgan fingerprint density at radius 3 is 2.07 bits per heavy atom. The minimum absolute atomic E-state index is 0.678. The number of rotatable bonds is 2. The third-order valence-corrected chi connectivity index (χ3v) is 3.95. The van der Waals surface area contributed by atoms with Crippen molar-refractivity contribution in [2.24, 2.45) is 11.8 Å². The van der Waals surface area contributed by atoms with Gasteiger partial charge in [-0.05, 0) is 40.2 Å². The van der Waals surface area contributed by atoms with Crippen molar-refractivity contribution in [1.29, 1.82) is 0 Å². The lowest BCUT2D eigenvalue weighted by molar-refractivity contribution is 0.617. The summed E-state index contributed by atoms with van der Waals surface area (Å²) in [7, 11) is 0. The number of hydrogen-bond acceptors (Lipinski definition) is 1. The Balaban J connectivity index is 2.03. The second-order valence-corrected chi connectivity index (χ2v) is 5.74. The molecule has 0 radical (unpaired) electrons. The van der Waals surface area contributed by atoms with Crippen LogP contribution in [-0.2, 0) is 0 Å². The number of nitrogen functional groups attached to an aromatic ring is 1. The van der Waals surface area contributed by atoms with E-state index in [0.717, 1.165) is 17.5 Å². The van der Waals surface area contributed by atoms with Gasteiger partial charge in [0.25, 0.3) is 0 Å². The van der Waals surface area contributed by atoms with Gasteiger partial charge in [0, 0.05) is 17.5 Å². The molecule has 2 unspecified atom stereocenters. The highest BCUT2D eigenvalue weighted by Crippen LogP contribution is 2.64. The smallest absolute Gasteiger partial charge is 0.0359 e. The van der Waals surface area contributed by atoms with Crippen LogP contribution in [0.2, 0.25) is 0 Å². The molecule has 2 aliphatic rings. The summed E-state index contributed by atoms with van der Waals surface area (Å²) in [6, 6.07) is 2.22. The fourth-order valence-electron chi connectivity index (χ4n) is 3.24. The third-order valence-electron chi connectivity index (χ3n) is 3.95. The van der Waals surface area contributed by atoms with E-state index in [2.05, 4.69) is 33.8 Å². The largest absolute Gasteiger partial charge is 0.398 e. The Labute approximate surface area is 91.7 Å². The Bertz CT molecular complexity index is 443. The first-order chi connectivity index (χ1) is 7.04. The molecule has 3 rings (SSSR count). The zero-order valence-corrected chi connectivity index (χ0v) is 9.96. The van der Waals surface area contributed by atoms with E-state index < -0.39 is 0 Å². The number of hydrogen-bond donors (Lipinski definition) is 1. The molecule has 0 saturated carbocycles. The van der Waals surface area contributed by atoms with Gasteiger partial charge >= 0.3 is 0 Å². The minimum Gasteiger partial charge on any atom is -0.398 e. The molecule has 0 fully saturated rings. The summed E-state index contributed by atoms with van der Waals surface area (Å²) >= 11 is 0. The van der Waals surface area contributed by atoms with Crippen LogP contribution < -0.4 is 5.73 Å². The van der Waals surface area contributed by atoms with Gasteiger partial charge in [-0.3, -0.25) is 0 Å². The van der Waals surface area contributed by atoms with E-state index in [1.807, 2.05) is 0 Å². The second kappa shape index (κ2) is 2.58. The predicted octanol–water partition coefficient (Wildman–Crippen LogP) is 3.47. The van der Waals surface area contributed by atoms with Crippen LogP contribution in [-0.4, -0.2) is 0 Å². The quantitative estimate of drug-likeness (QED) is 0.728. The summed E-state index contributed by atoms with van der Waals surface area (Å²) in [6.45, 7) is 9.20. The minimum atomic E-state index is 0.678. The zero-order valence-electron chi connectivity index (χ0n) is 9.96. The van der Waals surface area contributed by atoms with Gasteiger partial charge in [0.15, 0.2) is 0 Å². The molecule has 0 bridgehead atoms. The molecule has 0 saturated heterocycles. The molecule has 0 spiro atoms. The Kier molecular flexibility index (Phi) is 1.59. The molecule has 2 N–H and O–H groups in total. The molecule has 1 nitrogen and oxygen atoms in total. The molecule has 0 aliphatic heterocycles. The zero-order chi connectivity index (χ0) is 10.9. The second-order valence-electron chi connectivity index (χ2n) is 5.74. The normalized spacial score (nSPS) is 25.5. The first-order valence-electron chi connectivity index (χ1n) is 6.00. The van der Waals surface area contributed by atoms with Crippen LogP contribution >= 0.6 is 0 Å². The maximum atomic E-state index is 6.10. The molecule has 0 aromatic heterocycles. The van der Waals surface area contributed by atoms with Gasteiger partial charge in [-0.15, -0.1) is 0 Å². The lowest BCUT2D eigenvalue weighted by Gasteiger charge is -2.02. The Morgan fingerprint density at radius 1 is 0.933 bits per heavy atom. The lowest BCUT2D eigenvalue weighted by atomic mass is 10.0. The number of benzene rings is 1. The molecule has 15 heavy (non-hydrogen) atoms. The highest BCUT2D eigenvalue weighted by atomic mass is 14.6. The summed E-state index contributed by atoms with van der Waals surface area (Å²) in [4.78, 5) is 0. The van der Waals surface area contributed by atoms with E-state index in [4.69, 9.17) is 5.73 Å². The van der Waals surface area contributed by atoms with Crippen LogP contribution in [0.1, 0.15) is 61.8 Å². The molecule has 80 valence electrons. The molecule has 1 heteroatoms. The summed E-state index contributed by atoms with van der Waals surface area (Å²) < 4.78 is 0. The average molecular weight is 201 g/mol. The van der Waals surface area contributed by atoms with Crippen LogP contribution in [0.4, 0.5) is 5.69 Å². The highest BCUT2D eigenvalue weighted by Gasteiger charge is 2.50. The van der Waals surface area contributed by atoms with Crippen LogP contribution in [0.5, 0.6) is 0 Å². The topological polar surface area (TPSA) is 26.0 Å². The van der Waals surface area contributed by atoms with Crippen molar-refractivity contribution in [2.45, 2.75) is 39.5 Å². The van der Waals surface area contributed by atoms with Gasteiger partial charge in [-0.1, -0.05) is 27.7 Å². The molecule has 0 heterocycles. The summed E-state index contributed by atoms with van der Waals surface area (Å²) in [5, 5.41) is 0. The van der Waals surface area contributed by atoms with Gasteiger partial charge in [-0.25, -0.2) is 0 Å². The number of anilines is 1. The van der Waals surface area contributed by atoms with Gasteiger partial charge < -0.3 is 5.73 Å². The molecular weight excluding hydrogens is 182 g/mol. The third kappa shape index (κ3) is 1.04. The first-order valence-corrected chi connectivity index (χ1v) is 6.00. The lowest BCUT2D eigenvalue weighted by Crippen LogP contribution is -1.92. The highest BCUT2D eigenvalue weighted by molar-refractivity contribution is 5.79. The van der Waals surface area contributed by atoms with E-state index in [0.29, 0.717) is 11.8 Å². The molecule has 1 aromatic rings. The molecule has 0 amide bonds. The predicted molar refractivity (Wildman–Crippen MR) is 64.2 cm³/mol. The van der Waals surface area contributed by atoms with Gasteiger partial charge in [0.2, 0.25) is 0 Å². The molecule has 2 aliphatic carbocycles. The van der Waals surface area contributed by atoms with Crippen LogP contribution in [0, 0.1) is 11.8 Å². The van der Waals surface area contributed by atoms with Crippen LogP contribution in [0.15, 0.2) is 6.07 Å². The van der Waals surface area contributed by atoms with Gasteiger partial charge in [-0.2, -0.15) is 0 Å². The fraction of sp³-hybridized carbons (Fsp3) is 0.571. The maximum absolute atomic E-state index is 6.10. The summed E-state index contributed by atoms with van der Waals surface area (Å²) in [5.41, 5.74) is 13.4. The molecule has 1 aromatic carbocycles. The molecular formula is C14H19N. The van der Waals surface area contributed by atoms with Crippen molar-refractivity contribution in [3.05, 3.63) is 28.3 Å². The first kappa shape index (κ1) is 9.26. The van der Waals surface area contributed by atoms with E-state index in [1.54, 1.807) is 11.1 Å². The fourth-order valence-corrected chi connectivity index (χ4v) is 3.24. The number of nitrogens with two attached hydrogens (primary N) is 1. The van der Waals surface area contributed by atoms with E-state index in [9.17, 15) is 0 Å². The standard InChI is InChI=1S/C14H19N/c1-6(2)10-8-5-9(15)13-11(7(3)4)14(13)12(8)10/h5-7,10-11H,15H2,1-4H3. The summed E-state index contributed by atoms with van der Waals surface area (Å²) in [6.07, 6.45) is 0. The Morgan fingerprint density at radius 2 is 1.53 bits per heavy atom. The maximum Gasteiger partial charge on any atom is 0.0359 e. The average Bonchev–Trinajstić information content (AvgIpc) is 2.92.